The van der Waals surface area contributed by atoms with Crippen molar-refractivity contribution in [1.82, 2.24) is 20.2 Å². The second-order valence-corrected chi connectivity index (χ2v) is 5.29. The van der Waals surface area contributed by atoms with Gasteiger partial charge >= 0.3 is 6.03 Å². The standard InChI is InChI=1S/C15H19ClN4O2/c16-13-4-2-12(3-5-13)14(21)10-19-15(22)18-6-1-8-20-9-7-17-11-20/h2-5,7,9,11,14,21H,1,6,8,10H2,(H2,18,19,22). The lowest BCUT2D eigenvalue weighted by Crippen LogP contribution is -2.38. The predicted molar refractivity (Wildman–Crippen MR) is 84.7 cm³/mol. The average molecular weight is 323 g/mol. The number of aliphatic hydroxyl groups excluding tert-OH is 1. The van der Waals surface area contributed by atoms with Gasteiger partial charge in [-0.05, 0) is 24.1 Å². The lowest BCUT2D eigenvalue weighted by molar-refractivity contribution is 0.173. The van der Waals surface area contributed by atoms with Gasteiger partial charge in [-0.1, -0.05) is 23.7 Å². The summed E-state index contributed by atoms with van der Waals surface area (Å²) in [4.78, 5) is 15.6. The van der Waals surface area contributed by atoms with Crippen LogP contribution in [-0.4, -0.2) is 33.8 Å². The van der Waals surface area contributed by atoms with Gasteiger partial charge in [0.2, 0.25) is 0 Å². The van der Waals surface area contributed by atoms with Crippen LogP contribution in [0.25, 0.3) is 0 Å². The van der Waals surface area contributed by atoms with Gasteiger partial charge in [0.1, 0.15) is 0 Å². The van der Waals surface area contributed by atoms with Crippen LogP contribution < -0.4 is 10.6 Å². The smallest absolute Gasteiger partial charge is 0.314 e. The maximum atomic E-state index is 11.6. The molecule has 0 saturated heterocycles. The molecule has 0 aliphatic heterocycles. The van der Waals surface area contributed by atoms with Gasteiger partial charge in [-0.25, -0.2) is 9.78 Å². The molecular formula is C15H19ClN4O2. The van der Waals surface area contributed by atoms with E-state index in [-0.39, 0.29) is 12.6 Å². The molecule has 0 fully saturated rings. The largest absolute Gasteiger partial charge is 0.387 e. The first-order valence-electron chi connectivity index (χ1n) is 7.06. The third-order valence-electron chi connectivity index (χ3n) is 3.15. The highest BCUT2D eigenvalue weighted by atomic mass is 35.5. The maximum Gasteiger partial charge on any atom is 0.314 e. The van der Waals surface area contributed by atoms with E-state index in [0.717, 1.165) is 13.0 Å². The molecule has 118 valence electrons. The van der Waals surface area contributed by atoms with Gasteiger partial charge in [0, 0.05) is 37.1 Å². The SMILES string of the molecule is O=C(NCCCn1ccnc1)NCC(O)c1ccc(Cl)cc1. The molecule has 0 radical (unpaired) electrons. The number of aryl methyl sites for hydroxylation is 1. The number of carbonyl (C=O) groups is 1. The summed E-state index contributed by atoms with van der Waals surface area (Å²) in [5.74, 6) is 0. The lowest BCUT2D eigenvalue weighted by atomic mass is 10.1. The molecule has 0 saturated carbocycles. The van der Waals surface area contributed by atoms with Crippen molar-refractivity contribution in [3.05, 3.63) is 53.6 Å². The number of carbonyl (C=O) groups excluding carboxylic acids is 1. The number of rotatable bonds is 7. The van der Waals surface area contributed by atoms with Crippen molar-refractivity contribution in [3.8, 4) is 0 Å². The van der Waals surface area contributed by atoms with Crippen LogP contribution in [0.5, 0.6) is 0 Å². The summed E-state index contributed by atoms with van der Waals surface area (Å²) < 4.78 is 1.95. The number of urea groups is 1. The Hall–Kier alpha value is -2.05. The van der Waals surface area contributed by atoms with E-state index in [2.05, 4.69) is 15.6 Å². The van der Waals surface area contributed by atoms with Crippen molar-refractivity contribution >= 4 is 17.6 Å². The molecular weight excluding hydrogens is 304 g/mol. The Bertz CT molecular complexity index is 572. The molecule has 0 bridgehead atoms. The summed E-state index contributed by atoms with van der Waals surface area (Å²) >= 11 is 5.78. The summed E-state index contributed by atoms with van der Waals surface area (Å²) in [5, 5.41) is 16.0. The van der Waals surface area contributed by atoms with E-state index < -0.39 is 6.10 Å². The number of imidazole rings is 1. The molecule has 22 heavy (non-hydrogen) atoms. The van der Waals surface area contributed by atoms with E-state index in [1.807, 2.05) is 10.8 Å². The van der Waals surface area contributed by atoms with Crippen LogP contribution in [0.3, 0.4) is 0 Å². The number of hydrogen-bond donors (Lipinski definition) is 3. The Morgan fingerprint density at radius 2 is 2.09 bits per heavy atom. The summed E-state index contributed by atoms with van der Waals surface area (Å²) in [6.07, 6.45) is 5.39. The first kappa shape index (κ1) is 16.3. The number of halogens is 1. The zero-order valence-electron chi connectivity index (χ0n) is 12.1. The monoisotopic (exact) mass is 322 g/mol. The summed E-state index contributed by atoms with van der Waals surface area (Å²) in [6, 6.07) is 6.58. The zero-order chi connectivity index (χ0) is 15.8. The summed E-state index contributed by atoms with van der Waals surface area (Å²) in [5.41, 5.74) is 0.713. The van der Waals surface area contributed by atoms with Crippen molar-refractivity contribution in [2.45, 2.75) is 19.1 Å². The van der Waals surface area contributed by atoms with E-state index >= 15 is 0 Å². The van der Waals surface area contributed by atoms with Gasteiger partial charge in [0.15, 0.2) is 0 Å². The first-order chi connectivity index (χ1) is 10.6. The number of nitrogens with zero attached hydrogens (tertiary/aromatic N) is 2. The molecule has 2 rings (SSSR count). The van der Waals surface area contributed by atoms with E-state index in [4.69, 9.17) is 11.6 Å². The molecule has 6 nitrogen and oxygen atoms in total. The highest BCUT2D eigenvalue weighted by Crippen LogP contribution is 2.15. The second kappa shape index (κ2) is 8.41. The predicted octanol–water partition coefficient (Wildman–Crippen LogP) is 1.96. The van der Waals surface area contributed by atoms with Gasteiger partial charge in [0.05, 0.1) is 12.4 Å². The number of hydrogen-bond acceptors (Lipinski definition) is 3. The minimum Gasteiger partial charge on any atom is -0.387 e. The van der Waals surface area contributed by atoms with Gasteiger partial charge in [-0.3, -0.25) is 0 Å². The molecule has 1 aromatic carbocycles. The van der Waals surface area contributed by atoms with Gasteiger partial charge in [-0.2, -0.15) is 0 Å². The van der Waals surface area contributed by atoms with Crippen molar-refractivity contribution < 1.29 is 9.90 Å². The fraction of sp³-hybridized carbons (Fsp3) is 0.333. The number of amides is 2. The lowest BCUT2D eigenvalue weighted by Gasteiger charge is -2.13. The molecule has 0 aliphatic rings. The van der Waals surface area contributed by atoms with Crippen LogP contribution in [-0.2, 0) is 6.54 Å². The Kier molecular flexibility index (Phi) is 6.24. The van der Waals surface area contributed by atoms with E-state index in [0.29, 0.717) is 17.1 Å². The zero-order valence-corrected chi connectivity index (χ0v) is 12.8. The summed E-state index contributed by atoms with van der Waals surface area (Å²) in [6.45, 7) is 1.50. The van der Waals surface area contributed by atoms with Crippen molar-refractivity contribution in [2.24, 2.45) is 0 Å². The number of aromatic nitrogens is 2. The minimum atomic E-state index is -0.756. The molecule has 0 spiro atoms. The van der Waals surface area contributed by atoms with Gasteiger partial charge in [-0.15, -0.1) is 0 Å². The molecule has 0 aliphatic carbocycles. The Morgan fingerprint density at radius 1 is 1.32 bits per heavy atom. The number of aliphatic hydroxyl groups is 1. The fourth-order valence-electron chi connectivity index (χ4n) is 1.94. The Labute approximate surface area is 134 Å². The van der Waals surface area contributed by atoms with Crippen LogP contribution in [0.1, 0.15) is 18.1 Å². The first-order valence-corrected chi connectivity index (χ1v) is 7.44. The number of nitrogens with one attached hydrogen (secondary N) is 2. The molecule has 1 atom stereocenters. The molecule has 7 heteroatoms. The van der Waals surface area contributed by atoms with Gasteiger partial charge < -0.3 is 20.3 Å². The molecule has 2 aromatic rings. The highest BCUT2D eigenvalue weighted by Gasteiger charge is 2.09. The second-order valence-electron chi connectivity index (χ2n) is 4.86. The fourth-order valence-corrected chi connectivity index (χ4v) is 2.06. The molecule has 1 aromatic heterocycles. The van der Waals surface area contributed by atoms with E-state index in [9.17, 15) is 9.90 Å². The van der Waals surface area contributed by atoms with Crippen LogP contribution in [0, 0.1) is 0 Å². The van der Waals surface area contributed by atoms with E-state index in [1.165, 1.54) is 0 Å². The Morgan fingerprint density at radius 3 is 2.77 bits per heavy atom. The average Bonchev–Trinajstić information content (AvgIpc) is 3.03. The van der Waals surface area contributed by atoms with Crippen LogP contribution in [0.15, 0.2) is 43.0 Å². The molecule has 1 unspecified atom stereocenters. The van der Waals surface area contributed by atoms with E-state index in [1.54, 1.807) is 36.8 Å². The molecule has 1 heterocycles. The van der Waals surface area contributed by atoms with Crippen molar-refractivity contribution in [2.75, 3.05) is 13.1 Å². The minimum absolute atomic E-state index is 0.148. The normalized spacial score (nSPS) is 11.9. The molecule has 2 amide bonds. The quantitative estimate of drug-likeness (QED) is 0.682. The van der Waals surface area contributed by atoms with Crippen molar-refractivity contribution in [3.63, 3.8) is 0 Å². The highest BCUT2D eigenvalue weighted by molar-refractivity contribution is 6.30. The molecule has 3 N–H and O–H groups in total. The Balaban J connectivity index is 1.61. The third kappa shape index (κ3) is 5.38. The van der Waals surface area contributed by atoms with Gasteiger partial charge in [0.25, 0.3) is 0 Å². The summed E-state index contributed by atoms with van der Waals surface area (Å²) in [7, 11) is 0. The number of benzene rings is 1. The topological polar surface area (TPSA) is 79.2 Å². The van der Waals surface area contributed by atoms with Crippen LogP contribution in [0.4, 0.5) is 4.79 Å². The maximum absolute atomic E-state index is 11.6. The third-order valence-corrected chi connectivity index (χ3v) is 3.40. The van der Waals surface area contributed by atoms with Crippen LogP contribution >= 0.6 is 11.6 Å². The van der Waals surface area contributed by atoms with Crippen LogP contribution in [0.2, 0.25) is 5.02 Å². The van der Waals surface area contributed by atoms with Crippen molar-refractivity contribution in [1.29, 1.82) is 0 Å².